The molecule has 0 aliphatic heterocycles. The highest BCUT2D eigenvalue weighted by Gasteiger charge is 2.10. The van der Waals surface area contributed by atoms with Crippen LogP contribution in [0.15, 0.2) is 24.3 Å². The van der Waals surface area contributed by atoms with Crippen LogP contribution in [0.3, 0.4) is 0 Å². The zero-order valence-corrected chi connectivity index (χ0v) is 13.6. The molecular weight excluding hydrogens is 260 g/mol. The van der Waals surface area contributed by atoms with E-state index in [0.717, 1.165) is 24.9 Å². The minimum absolute atomic E-state index is 0.315. The van der Waals surface area contributed by atoms with Gasteiger partial charge in [-0.2, -0.15) is 0 Å². The zero-order valence-electron chi connectivity index (χ0n) is 13.6. The van der Waals surface area contributed by atoms with Gasteiger partial charge in [-0.3, -0.25) is 4.79 Å². The Balaban J connectivity index is 2.46. The summed E-state index contributed by atoms with van der Waals surface area (Å²) in [6.45, 7) is 4.47. The van der Waals surface area contributed by atoms with Gasteiger partial charge in [-0.25, -0.2) is 0 Å². The molecule has 0 aliphatic carbocycles. The quantitative estimate of drug-likeness (QED) is 0.359. The molecule has 0 aliphatic rings. The minimum Gasteiger partial charge on any atom is -0.490 e. The third-order valence-electron chi connectivity index (χ3n) is 3.83. The van der Waals surface area contributed by atoms with Crippen molar-refractivity contribution in [1.29, 1.82) is 0 Å². The average molecular weight is 290 g/mol. The van der Waals surface area contributed by atoms with Crippen molar-refractivity contribution in [3.05, 3.63) is 29.8 Å². The Morgan fingerprint density at radius 3 is 2.05 bits per heavy atom. The minimum atomic E-state index is 0.315. The number of unbranched alkanes of at least 4 members (excludes halogenated alkanes) is 5. The maximum absolute atomic E-state index is 10.7. The molecule has 0 fully saturated rings. The van der Waals surface area contributed by atoms with Crippen LogP contribution in [-0.2, 0) is 0 Å². The fourth-order valence-corrected chi connectivity index (χ4v) is 2.50. The van der Waals surface area contributed by atoms with Crippen LogP contribution in [0.1, 0.15) is 82.0 Å². The van der Waals surface area contributed by atoms with Gasteiger partial charge in [-0.15, -0.1) is 0 Å². The molecule has 0 amide bonds. The highest BCUT2D eigenvalue weighted by molar-refractivity contribution is 5.74. The van der Waals surface area contributed by atoms with Gasteiger partial charge < -0.3 is 4.74 Å². The lowest BCUT2D eigenvalue weighted by atomic mass is 10.0. The zero-order chi connectivity index (χ0) is 15.3. The van der Waals surface area contributed by atoms with E-state index in [0.29, 0.717) is 11.7 Å². The van der Waals surface area contributed by atoms with Crippen LogP contribution in [0, 0.1) is 0 Å². The summed E-state index contributed by atoms with van der Waals surface area (Å²) in [6, 6.07) is 7.45. The van der Waals surface area contributed by atoms with Crippen molar-refractivity contribution < 1.29 is 9.53 Å². The molecule has 0 saturated heterocycles. The van der Waals surface area contributed by atoms with Crippen molar-refractivity contribution >= 4 is 6.29 Å². The molecule has 1 rings (SSSR count). The van der Waals surface area contributed by atoms with E-state index in [-0.39, 0.29) is 0 Å². The SMILES string of the molecule is CCCCCCC(CCCCC)Oc1ccc(C=O)cc1. The Morgan fingerprint density at radius 2 is 1.48 bits per heavy atom. The fraction of sp³-hybridized carbons (Fsp3) is 0.632. The van der Waals surface area contributed by atoms with E-state index in [2.05, 4.69) is 13.8 Å². The Hall–Kier alpha value is -1.31. The maximum Gasteiger partial charge on any atom is 0.150 e. The van der Waals surface area contributed by atoms with Crippen LogP contribution in [0.4, 0.5) is 0 Å². The number of carbonyl (C=O) groups excluding carboxylic acids is 1. The second-order valence-corrected chi connectivity index (χ2v) is 5.77. The van der Waals surface area contributed by atoms with Crippen molar-refractivity contribution in [3.63, 3.8) is 0 Å². The summed E-state index contributed by atoms with van der Waals surface area (Å²) >= 11 is 0. The van der Waals surface area contributed by atoms with Gasteiger partial charge in [0.1, 0.15) is 12.0 Å². The number of carbonyl (C=O) groups is 1. The van der Waals surface area contributed by atoms with Crippen molar-refractivity contribution in [2.24, 2.45) is 0 Å². The van der Waals surface area contributed by atoms with Gasteiger partial charge in [0, 0.05) is 5.56 Å². The normalized spacial score (nSPS) is 12.1. The van der Waals surface area contributed by atoms with E-state index < -0.39 is 0 Å². The molecule has 1 aromatic carbocycles. The number of rotatable bonds is 12. The smallest absolute Gasteiger partial charge is 0.150 e. The summed E-state index contributed by atoms with van der Waals surface area (Å²) in [7, 11) is 0. The van der Waals surface area contributed by atoms with Crippen LogP contribution in [-0.4, -0.2) is 12.4 Å². The van der Waals surface area contributed by atoms with E-state index in [1.165, 1.54) is 44.9 Å². The van der Waals surface area contributed by atoms with Gasteiger partial charge in [0.25, 0.3) is 0 Å². The Morgan fingerprint density at radius 1 is 0.905 bits per heavy atom. The second-order valence-electron chi connectivity index (χ2n) is 5.77. The predicted molar refractivity (Wildman–Crippen MR) is 89.1 cm³/mol. The molecule has 1 atom stereocenters. The van der Waals surface area contributed by atoms with Crippen LogP contribution >= 0.6 is 0 Å². The van der Waals surface area contributed by atoms with Crippen molar-refractivity contribution in [2.75, 3.05) is 0 Å². The molecule has 0 bridgehead atoms. The molecule has 0 radical (unpaired) electrons. The predicted octanol–water partition coefficient (Wildman–Crippen LogP) is 5.80. The molecule has 1 aromatic rings. The number of ether oxygens (including phenoxy) is 1. The Kier molecular flexibility index (Phi) is 9.60. The maximum atomic E-state index is 10.7. The largest absolute Gasteiger partial charge is 0.490 e. The van der Waals surface area contributed by atoms with E-state index in [1.54, 1.807) is 0 Å². The highest BCUT2D eigenvalue weighted by atomic mass is 16.5. The number of aldehydes is 1. The standard InChI is InChI=1S/C19H30O2/c1-3-5-7-9-11-18(10-8-6-4-2)21-19-14-12-17(16-20)13-15-19/h12-16,18H,3-11H2,1-2H3. The summed E-state index contributed by atoms with van der Waals surface area (Å²) in [5.74, 6) is 0.887. The van der Waals surface area contributed by atoms with Gasteiger partial charge in [0.05, 0.1) is 6.10 Å². The van der Waals surface area contributed by atoms with Gasteiger partial charge in [0.2, 0.25) is 0 Å². The first-order chi connectivity index (χ1) is 10.3. The molecule has 21 heavy (non-hydrogen) atoms. The number of benzene rings is 1. The molecule has 0 spiro atoms. The lowest BCUT2D eigenvalue weighted by Gasteiger charge is -2.19. The van der Waals surface area contributed by atoms with Crippen molar-refractivity contribution in [1.82, 2.24) is 0 Å². The van der Waals surface area contributed by atoms with Crippen LogP contribution in [0.2, 0.25) is 0 Å². The first kappa shape index (κ1) is 17.7. The van der Waals surface area contributed by atoms with Gasteiger partial charge in [0.15, 0.2) is 0 Å². The van der Waals surface area contributed by atoms with Crippen LogP contribution < -0.4 is 4.74 Å². The molecule has 2 heteroatoms. The fourth-order valence-electron chi connectivity index (χ4n) is 2.50. The summed E-state index contributed by atoms with van der Waals surface area (Å²) in [5, 5.41) is 0. The van der Waals surface area contributed by atoms with Crippen LogP contribution in [0.5, 0.6) is 5.75 Å². The lowest BCUT2D eigenvalue weighted by molar-refractivity contribution is 0.112. The van der Waals surface area contributed by atoms with Gasteiger partial charge in [-0.05, 0) is 49.9 Å². The average Bonchev–Trinajstić information content (AvgIpc) is 2.52. The van der Waals surface area contributed by atoms with E-state index in [1.807, 2.05) is 24.3 Å². The molecule has 1 unspecified atom stereocenters. The van der Waals surface area contributed by atoms with E-state index in [9.17, 15) is 4.79 Å². The van der Waals surface area contributed by atoms with E-state index >= 15 is 0 Å². The second kappa shape index (κ2) is 11.4. The Bertz CT molecular complexity index is 370. The molecule has 0 N–H and O–H groups in total. The summed E-state index contributed by atoms with van der Waals surface area (Å²) in [4.78, 5) is 10.7. The molecule has 0 aromatic heterocycles. The summed E-state index contributed by atoms with van der Waals surface area (Å²) in [5.41, 5.74) is 0.702. The lowest BCUT2D eigenvalue weighted by Crippen LogP contribution is -2.16. The van der Waals surface area contributed by atoms with Crippen molar-refractivity contribution in [3.8, 4) is 5.75 Å². The molecule has 0 heterocycles. The first-order valence-corrected chi connectivity index (χ1v) is 8.52. The Labute approximate surface area is 129 Å². The molecule has 118 valence electrons. The highest BCUT2D eigenvalue weighted by Crippen LogP contribution is 2.20. The third-order valence-corrected chi connectivity index (χ3v) is 3.83. The summed E-state index contributed by atoms with van der Waals surface area (Å²) < 4.78 is 6.12. The third kappa shape index (κ3) is 7.89. The number of hydrogen-bond donors (Lipinski definition) is 0. The number of hydrogen-bond acceptors (Lipinski definition) is 2. The monoisotopic (exact) mass is 290 g/mol. The molecular formula is C19H30O2. The van der Waals surface area contributed by atoms with Gasteiger partial charge >= 0.3 is 0 Å². The first-order valence-electron chi connectivity index (χ1n) is 8.52. The van der Waals surface area contributed by atoms with Crippen LogP contribution in [0.25, 0.3) is 0 Å². The van der Waals surface area contributed by atoms with E-state index in [4.69, 9.17) is 4.74 Å². The summed E-state index contributed by atoms with van der Waals surface area (Å²) in [6.07, 6.45) is 12.4. The van der Waals surface area contributed by atoms with Crippen molar-refractivity contribution in [2.45, 2.75) is 77.7 Å². The molecule has 0 saturated carbocycles. The molecule has 2 nitrogen and oxygen atoms in total. The topological polar surface area (TPSA) is 26.3 Å². The van der Waals surface area contributed by atoms with Gasteiger partial charge in [-0.1, -0.05) is 46.0 Å².